The molecule has 90 valence electrons. The van der Waals surface area contributed by atoms with E-state index in [9.17, 15) is 4.79 Å². The van der Waals surface area contributed by atoms with Crippen LogP contribution in [-0.4, -0.2) is 19.7 Å². The zero-order chi connectivity index (χ0) is 12.3. The average Bonchev–Trinajstić information content (AvgIpc) is 2.68. The van der Waals surface area contributed by atoms with Crippen molar-refractivity contribution in [2.75, 3.05) is 5.43 Å². The molecule has 0 aromatic carbocycles. The Kier molecular flexibility index (Phi) is 3.45. The third-order valence-corrected chi connectivity index (χ3v) is 3.30. The molecule has 0 unspecified atom stereocenters. The second-order valence-electron chi connectivity index (χ2n) is 3.31. The molecule has 0 radical (unpaired) electrons. The number of hydrogen-bond acceptors (Lipinski definition) is 6. The molecule has 0 atom stereocenters. The summed E-state index contributed by atoms with van der Waals surface area (Å²) in [5, 5.41) is 6.91. The second kappa shape index (κ2) is 5.02. The summed E-state index contributed by atoms with van der Waals surface area (Å²) >= 11 is 1.44. The van der Waals surface area contributed by atoms with Crippen molar-refractivity contribution in [1.82, 2.24) is 19.7 Å². The van der Waals surface area contributed by atoms with Crippen LogP contribution in [-0.2, 0) is 12.8 Å². The molecule has 0 spiro atoms. The van der Waals surface area contributed by atoms with Crippen LogP contribution >= 0.6 is 11.8 Å². The minimum atomic E-state index is -0.226. The lowest BCUT2D eigenvalue weighted by molar-refractivity contribution is 0.765. The van der Waals surface area contributed by atoms with Crippen LogP contribution in [0.15, 0.2) is 28.3 Å². The van der Waals surface area contributed by atoms with Crippen molar-refractivity contribution in [2.45, 2.75) is 10.9 Å². The van der Waals surface area contributed by atoms with Crippen molar-refractivity contribution in [2.24, 2.45) is 12.9 Å². The van der Waals surface area contributed by atoms with E-state index in [-0.39, 0.29) is 5.69 Å². The molecule has 8 heteroatoms. The van der Waals surface area contributed by atoms with Gasteiger partial charge in [0.15, 0.2) is 5.16 Å². The Morgan fingerprint density at radius 3 is 3.12 bits per heavy atom. The van der Waals surface area contributed by atoms with Gasteiger partial charge in [0.2, 0.25) is 0 Å². The summed E-state index contributed by atoms with van der Waals surface area (Å²) in [5.74, 6) is 6.61. The van der Waals surface area contributed by atoms with Crippen molar-refractivity contribution in [3.8, 4) is 0 Å². The quantitative estimate of drug-likeness (QED) is 0.405. The zero-order valence-corrected chi connectivity index (χ0v) is 9.99. The average molecular weight is 252 g/mol. The monoisotopic (exact) mass is 252 g/mol. The van der Waals surface area contributed by atoms with E-state index in [1.54, 1.807) is 13.2 Å². The third kappa shape index (κ3) is 2.48. The van der Waals surface area contributed by atoms with Crippen molar-refractivity contribution in [1.29, 1.82) is 0 Å². The number of aromatic amines is 1. The number of hydrogen-bond donors (Lipinski definition) is 3. The van der Waals surface area contributed by atoms with Crippen LogP contribution in [0.25, 0.3) is 0 Å². The summed E-state index contributed by atoms with van der Waals surface area (Å²) in [7, 11) is 1.67. The highest BCUT2D eigenvalue weighted by Gasteiger charge is 2.07. The largest absolute Gasteiger partial charge is 0.343 e. The van der Waals surface area contributed by atoms with Crippen LogP contribution in [0, 0.1) is 0 Å². The predicted octanol–water partition coefficient (Wildman–Crippen LogP) is 0.0813. The van der Waals surface area contributed by atoms with Gasteiger partial charge in [-0.15, -0.1) is 5.10 Å². The van der Waals surface area contributed by atoms with E-state index < -0.39 is 0 Å². The standard InChI is InChI=1S/C9H12N6OS/c1-15-8(16)13-14-9(15)17-5-6-3-2-4-11-7(6)12-10/h2-4H,5,10H2,1H3,(H,11,12)(H,13,16). The third-order valence-electron chi connectivity index (χ3n) is 2.22. The first-order chi connectivity index (χ1) is 8.22. The van der Waals surface area contributed by atoms with Gasteiger partial charge in [0.1, 0.15) is 5.82 Å². The van der Waals surface area contributed by atoms with Gasteiger partial charge in [-0.2, -0.15) is 0 Å². The number of H-pyrrole nitrogens is 1. The lowest BCUT2D eigenvalue weighted by atomic mass is 10.3. The van der Waals surface area contributed by atoms with Crippen LogP contribution in [0.3, 0.4) is 0 Å². The number of hydrazine groups is 1. The maximum absolute atomic E-state index is 11.2. The summed E-state index contributed by atoms with van der Waals surface area (Å²) in [4.78, 5) is 15.3. The van der Waals surface area contributed by atoms with E-state index >= 15 is 0 Å². The molecule has 2 aromatic rings. The Labute approximate surface area is 101 Å². The number of aromatic nitrogens is 4. The van der Waals surface area contributed by atoms with Gasteiger partial charge in [-0.1, -0.05) is 17.8 Å². The van der Waals surface area contributed by atoms with E-state index in [0.717, 1.165) is 5.56 Å². The highest BCUT2D eigenvalue weighted by molar-refractivity contribution is 7.98. The fourth-order valence-corrected chi connectivity index (χ4v) is 2.19. The van der Waals surface area contributed by atoms with Crippen LogP contribution in [0.4, 0.5) is 5.82 Å². The first-order valence-corrected chi connectivity index (χ1v) is 5.85. The van der Waals surface area contributed by atoms with Crippen molar-refractivity contribution < 1.29 is 0 Å². The number of rotatable bonds is 4. The number of pyridine rings is 1. The maximum Gasteiger partial charge on any atom is 0.343 e. The lowest BCUT2D eigenvalue weighted by Crippen LogP contribution is -2.13. The van der Waals surface area contributed by atoms with Gasteiger partial charge in [0.05, 0.1) is 0 Å². The molecule has 7 nitrogen and oxygen atoms in total. The summed E-state index contributed by atoms with van der Waals surface area (Å²) < 4.78 is 1.45. The number of nitrogens with two attached hydrogens (primary N) is 1. The Bertz CT molecular complexity index is 563. The Hall–Kier alpha value is -1.80. The topological polar surface area (TPSA) is 102 Å². The normalized spacial score (nSPS) is 10.5. The van der Waals surface area contributed by atoms with Crippen LogP contribution in [0.2, 0.25) is 0 Å². The maximum atomic E-state index is 11.2. The molecule has 0 fully saturated rings. The summed E-state index contributed by atoms with van der Waals surface area (Å²) in [6, 6.07) is 3.75. The van der Waals surface area contributed by atoms with Crippen LogP contribution < -0.4 is 17.0 Å². The molecule has 0 bridgehead atoms. The molecule has 0 saturated heterocycles. The van der Waals surface area contributed by atoms with Gasteiger partial charge in [0.25, 0.3) is 0 Å². The molecular formula is C9H12N6OS. The number of nitrogens with zero attached hydrogens (tertiary/aromatic N) is 3. The highest BCUT2D eigenvalue weighted by Crippen LogP contribution is 2.22. The fourth-order valence-electron chi connectivity index (χ4n) is 1.29. The van der Waals surface area contributed by atoms with Crippen LogP contribution in [0.1, 0.15) is 5.56 Å². The Morgan fingerprint density at radius 2 is 2.47 bits per heavy atom. The fraction of sp³-hybridized carbons (Fsp3) is 0.222. The SMILES string of the molecule is Cn1c(SCc2cccnc2NN)n[nH]c1=O. The number of nitrogens with one attached hydrogen (secondary N) is 2. The van der Waals surface area contributed by atoms with E-state index in [4.69, 9.17) is 5.84 Å². The first-order valence-electron chi connectivity index (χ1n) is 4.87. The number of thioether (sulfide) groups is 1. The molecule has 2 rings (SSSR count). The van der Waals surface area contributed by atoms with Crippen molar-refractivity contribution in [3.63, 3.8) is 0 Å². The van der Waals surface area contributed by atoms with E-state index in [1.807, 2.05) is 12.1 Å². The van der Waals surface area contributed by atoms with Gasteiger partial charge in [-0.3, -0.25) is 4.57 Å². The van der Waals surface area contributed by atoms with Crippen molar-refractivity contribution in [3.05, 3.63) is 34.4 Å². The molecule has 2 heterocycles. The molecular weight excluding hydrogens is 240 g/mol. The Balaban J connectivity index is 2.12. The van der Waals surface area contributed by atoms with Gasteiger partial charge in [0, 0.05) is 24.6 Å². The second-order valence-corrected chi connectivity index (χ2v) is 4.26. The molecule has 4 N–H and O–H groups in total. The van der Waals surface area contributed by atoms with E-state index in [0.29, 0.717) is 16.7 Å². The summed E-state index contributed by atoms with van der Waals surface area (Å²) in [6.45, 7) is 0. The predicted molar refractivity (Wildman–Crippen MR) is 65.4 cm³/mol. The number of nitrogen functional groups attached to an aromatic ring is 1. The summed E-state index contributed by atoms with van der Waals surface area (Å²) in [6.07, 6.45) is 1.66. The van der Waals surface area contributed by atoms with Crippen LogP contribution in [0.5, 0.6) is 0 Å². The van der Waals surface area contributed by atoms with Gasteiger partial charge in [-0.05, 0) is 6.07 Å². The first kappa shape index (κ1) is 11.7. The number of anilines is 1. The molecule has 0 aliphatic carbocycles. The lowest BCUT2D eigenvalue weighted by Gasteiger charge is -2.06. The minimum Gasteiger partial charge on any atom is -0.308 e. The molecule has 0 aliphatic rings. The highest BCUT2D eigenvalue weighted by atomic mass is 32.2. The molecule has 2 aromatic heterocycles. The molecule has 0 amide bonds. The smallest absolute Gasteiger partial charge is 0.308 e. The minimum absolute atomic E-state index is 0.226. The van der Waals surface area contributed by atoms with Gasteiger partial charge >= 0.3 is 5.69 Å². The van der Waals surface area contributed by atoms with E-state index in [1.165, 1.54) is 16.3 Å². The molecule has 0 aliphatic heterocycles. The summed E-state index contributed by atoms with van der Waals surface area (Å²) in [5.41, 5.74) is 3.26. The van der Waals surface area contributed by atoms with Gasteiger partial charge in [-0.25, -0.2) is 20.7 Å². The molecule has 0 saturated carbocycles. The molecule has 17 heavy (non-hydrogen) atoms. The van der Waals surface area contributed by atoms with E-state index in [2.05, 4.69) is 20.6 Å². The Morgan fingerprint density at radius 1 is 1.65 bits per heavy atom. The van der Waals surface area contributed by atoms with Crippen molar-refractivity contribution >= 4 is 17.6 Å². The zero-order valence-electron chi connectivity index (χ0n) is 9.17. The van der Waals surface area contributed by atoms with Gasteiger partial charge < -0.3 is 5.43 Å².